The van der Waals surface area contributed by atoms with E-state index >= 15 is 4.39 Å². The van der Waals surface area contributed by atoms with Crippen LogP contribution in [-0.2, 0) is 26.5 Å². The molecule has 0 radical (unpaired) electrons. The molecular weight excluding hydrogens is 693 g/mol. The van der Waals surface area contributed by atoms with Crippen LogP contribution in [0.2, 0.25) is 0 Å². The van der Waals surface area contributed by atoms with Crippen LogP contribution in [0.25, 0.3) is 11.3 Å². The van der Waals surface area contributed by atoms with Crippen LogP contribution < -0.4 is 5.32 Å². The molecule has 0 saturated heterocycles. The van der Waals surface area contributed by atoms with Gasteiger partial charge >= 0.3 is 12.1 Å². The Bertz CT molecular complexity index is 2020. The summed E-state index contributed by atoms with van der Waals surface area (Å²) in [4.78, 5) is 35.7. The first-order valence-electron chi connectivity index (χ1n) is 16.2. The van der Waals surface area contributed by atoms with Crippen LogP contribution >= 0.6 is 11.3 Å². The predicted molar refractivity (Wildman–Crippen MR) is 192 cm³/mol. The molecule has 1 aliphatic heterocycles. The topological polar surface area (TPSA) is 150 Å². The average molecular weight is 731 g/mol. The molecule has 1 aliphatic rings. The first-order chi connectivity index (χ1) is 24.8. The maximum absolute atomic E-state index is 15.5. The van der Waals surface area contributed by atoms with E-state index in [1.165, 1.54) is 24.0 Å². The Labute approximate surface area is 303 Å². The van der Waals surface area contributed by atoms with E-state index in [1.54, 1.807) is 80.7 Å². The first kappa shape index (κ1) is 37.8. The van der Waals surface area contributed by atoms with Crippen LogP contribution in [0.5, 0.6) is 0 Å². The summed E-state index contributed by atoms with van der Waals surface area (Å²) in [5.74, 6) is -2.87. The Morgan fingerprint density at radius 3 is 2.60 bits per heavy atom. The number of para-hydroxylation sites is 1. The van der Waals surface area contributed by atoms with Crippen molar-refractivity contribution >= 4 is 41.8 Å². The van der Waals surface area contributed by atoms with Gasteiger partial charge in [-0.3, -0.25) is 15.0 Å². The Morgan fingerprint density at radius 1 is 1.13 bits per heavy atom. The van der Waals surface area contributed by atoms with Gasteiger partial charge in [0.15, 0.2) is 11.9 Å². The van der Waals surface area contributed by atoms with Gasteiger partial charge in [0.2, 0.25) is 6.34 Å². The lowest BCUT2D eigenvalue weighted by Crippen LogP contribution is -2.54. The molecule has 2 heterocycles. The van der Waals surface area contributed by atoms with Gasteiger partial charge in [-0.2, -0.15) is 10.3 Å². The fraction of sp³-hybridized carbons (Fsp3) is 0.297. The Kier molecular flexibility index (Phi) is 11.9. The van der Waals surface area contributed by atoms with E-state index in [0.717, 1.165) is 29.3 Å². The molecule has 15 heteroatoms. The number of thiazole rings is 1. The van der Waals surface area contributed by atoms with Crippen LogP contribution in [0.1, 0.15) is 40.1 Å². The third-order valence-corrected chi connectivity index (χ3v) is 9.62. The summed E-state index contributed by atoms with van der Waals surface area (Å²) in [5, 5.41) is 31.1. The molecule has 1 unspecified atom stereocenters. The van der Waals surface area contributed by atoms with E-state index in [-0.39, 0.29) is 38.4 Å². The van der Waals surface area contributed by atoms with Crippen molar-refractivity contribution < 1.29 is 37.5 Å². The number of ether oxygens (including phenoxy) is 2. The number of aromatic nitrogens is 1. The van der Waals surface area contributed by atoms with E-state index in [1.807, 2.05) is 0 Å². The van der Waals surface area contributed by atoms with Gasteiger partial charge in [-0.15, -0.1) is 15.9 Å². The van der Waals surface area contributed by atoms with Crippen LogP contribution in [0.15, 0.2) is 76.1 Å². The fourth-order valence-electron chi connectivity index (χ4n) is 5.76. The number of nitriles is 1. The number of hydrogen-bond acceptors (Lipinski definition) is 11. The number of amides is 1. The molecule has 0 spiro atoms. The Balaban J connectivity index is 1.34. The van der Waals surface area contributed by atoms with Crippen molar-refractivity contribution in [3.8, 4) is 17.3 Å². The number of esters is 1. The van der Waals surface area contributed by atoms with Crippen molar-refractivity contribution in [2.75, 3.05) is 45.7 Å². The number of carbonyl (C=O) groups excluding carboxylic acids is 2. The maximum atomic E-state index is 15.5. The fourth-order valence-corrected chi connectivity index (χ4v) is 6.73. The highest BCUT2D eigenvalue weighted by atomic mass is 32.1. The third-order valence-electron chi connectivity index (χ3n) is 8.59. The summed E-state index contributed by atoms with van der Waals surface area (Å²) < 4.78 is 40.6. The summed E-state index contributed by atoms with van der Waals surface area (Å²) in [7, 11) is 3.50. The van der Waals surface area contributed by atoms with Gasteiger partial charge in [-0.25, -0.2) is 18.6 Å². The second-order valence-electron chi connectivity index (χ2n) is 12.7. The lowest BCUT2D eigenvalue weighted by molar-refractivity contribution is -0.848. The minimum absolute atomic E-state index is 0.0173. The van der Waals surface area contributed by atoms with Gasteiger partial charge in [-0.05, 0) is 56.9 Å². The SMILES string of the molecule is Cc1cccc(COC(=O)CN(C)C)c1NC(=O)OCC[N+]1(C[C@](O)(c2cc(F)ccc2F)[C@@H](C)c2nc(-c3ccc(C#N)cc3)cs2)C=NC=N1. The number of aryl methyl sites for hydroxylation is 1. The van der Waals surface area contributed by atoms with Crippen molar-refractivity contribution in [2.24, 2.45) is 10.1 Å². The van der Waals surface area contributed by atoms with Gasteiger partial charge in [0.25, 0.3) is 0 Å². The molecule has 270 valence electrons. The zero-order valence-electron chi connectivity index (χ0n) is 29.0. The van der Waals surface area contributed by atoms with Gasteiger partial charge in [-0.1, -0.05) is 42.4 Å². The molecule has 3 aromatic carbocycles. The normalized spacial score (nSPS) is 16.7. The molecule has 12 nitrogen and oxygen atoms in total. The molecule has 5 rings (SSSR count). The predicted octanol–water partition coefficient (Wildman–Crippen LogP) is 5.92. The molecule has 52 heavy (non-hydrogen) atoms. The lowest BCUT2D eigenvalue weighted by Gasteiger charge is -2.38. The van der Waals surface area contributed by atoms with Crippen molar-refractivity contribution in [3.05, 3.63) is 105 Å². The van der Waals surface area contributed by atoms with E-state index < -0.39 is 39.8 Å². The molecule has 0 bridgehead atoms. The van der Waals surface area contributed by atoms with E-state index in [4.69, 9.17) is 19.7 Å². The zero-order valence-corrected chi connectivity index (χ0v) is 29.9. The number of aliphatic imine (C=N–C) groups is 1. The zero-order chi connectivity index (χ0) is 37.5. The van der Waals surface area contributed by atoms with Crippen LogP contribution in [0.3, 0.4) is 0 Å². The maximum Gasteiger partial charge on any atom is 0.411 e. The number of aliphatic hydroxyl groups is 1. The highest BCUT2D eigenvalue weighted by molar-refractivity contribution is 7.10. The number of nitrogens with one attached hydrogen (secondary N) is 1. The number of likely N-dealkylation sites (N-methyl/N-ethyl adjacent to an activating group) is 1. The molecule has 0 fully saturated rings. The summed E-state index contributed by atoms with van der Waals surface area (Å²) in [6.45, 7) is 2.97. The minimum atomic E-state index is -2.08. The van der Waals surface area contributed by atoms with Gasteiger partial charge in [0, 0.05) is 28.0 Å². The number of quaternary nitrogens is 1. The van der Waals surface area contributed by atoms with Crippen LogP contribution in [0.4, 0.5) is 19.3 Å². The Morgan fingerprint density at radius 2 is 1.90 bits per heavy atom. The van der Waals surface area contributed by atoms with E-state index in [9.17, 15) is 19.1 Å². The monoisotopic (exact) mass is 730 g/mol. The van der Waals surface area contributed by atoms with Crippen molar-refractivity contribution in [3.63, 3.8) is 0 Å². The van der Waals surface area contributed by atoms with Crippen molar-refractivity contribution in [2.45, 2.75) is 32.0 Å². The van der Waals surface area contributed by atoms with Crippen LogP contribution in [-0.4, -0.2) is 84.7 Å². The highest BCUT2D eigenvalue weighted by Crippen LogP contribution is 2.42. The van der Waals surface area contributed by atoms with E-state index in [2.05, 4.69) is 21.5 Å². The third kappa shape index (κ3) is 8.90. The highest BCUT2D eigenvalue weighted by Gasteiger charge is 2.49. The average Bonchev–Trinajstić information content (AvgIpc) is 3.79. The standard InChI is InChI=1S/C37H37F2N7O5S/c1-24-6-5-7-28(19-51-33(47)18-45(3)4)34(24)44-36(48)50-15-14-46(23-41-22-42-46)21-37(49,30-16-29(38)12-13-31(30)39)25(2)35-43-32(20-52-35)27-10-8-26(17-40)9-11-27/h5-13,16,20,22-23,25,49H,14-15,18-19,21H2,1-4H3/p+1/t25-,37+,46?/m0/s1. The molecule has 1 amide bonds. The second-order valence-corrected chi connectivity index (χ2v) is 13.6. The van der Waals surface area contributed by atoms with Crippen LogP contribution in [0, 0.1) is 29.9 Å². The molecule has 2 N–H and O–H groups in total. The van der Waals surface area contributed by atoms with Crippen molar-refractivity contribution in [1.82, 2.24) is 9.88 Å². The second kappa shape index (κ2) is 16.3. The first-order valence-corrected chi connectivity index (χ1v) is 17.1. The summed E-state index contributed by atoms with van der Waals surface area (Å²) in [5.41, 5.74) is 1.18. The largest absolute Gasteiger partial charge is 0.460 e. The summed E-state index contributed by atoms with van der Waals surface area (Å²) >= 11 is 1.24. The molecule has 0 saturated carbocycles. The number of benzene rings is 3. The molecule has 3 atom stereocenters. The molecular formula is C37H38F2N7O5S+. The number of anilines is 1. The molecule has 0 aliphatic carbocycles. The number of halogens is 2. The van der Waals surface area contributed by atoms with Gasteiger partial charge < -0.3 is 14.6 Å². The number of nitrogens with zero attached hydrogens (tertiary/aromatic N) is 6. The number of rotatable bonds is 14. The molecule has 4 aromatic rings. The summed E-state index contributed by atoms with van der Waals surface area (Å²) in [6, 6.07) is 17.1. The smallest absolute Gasteiger partial charge is 0.411 e. The summed E-state index contributed by atoms with van der Waals surface area (Å²) in [6.07, 6.45) is 1.92. The Hall–Kier alpha value is -5.40. The number of carbonyl (C=O) groups is 2. The quantitative estimate of drug-likeness (QED) is 0.120. The van der Waals surface area contributed by atoms with Crippen molar-refractivity contribution in [1.29, 1.82) is 5.26 Å². The molecule has 1 aromatic heterocycles. The van der Waals surface area contributed by atoms with Gasteiger partial charge in [0.1, 0.15) is 37.9 Å². The minimum Gasteiger partial charge on any atom is -0.460 e. The van der Waals surface area contributed by atoms with E-state index in [0.29, 0.717) is 27.5 Å². The lowest BCUT2D eigenvalue weighted by atomic mass is 9.81. The number of hydrogen-bond donors (Lipinski definition) is 2. The van der Waals surface area contributed by atoms with Gasteiger partial charge in [0.05, 0.1) is 34.6 Å².